The normalized spacial score (nSPS) is 17.3. The van der Waals surface area contributed by atoms with Crippen LogP contribution in [0.25, 0.3) is 0 Å². The lowest BCUT2D eigenvalue weighted by Crippen LogP contribution is -3.15. The van der Waals surface area contributed by atoms with E-state index in [2.05, 4.69) is 40.1 Å². The molecule has 0 radical (unpaired) electrons. The highest BCUT2D eigenvalue weighted by molar-refractivity contribution is 7.80. The first-order valence-corrected chi connectivity index (χ1v) is 8.67. The molecule has 1 atom stereocenters. The molecule has 7 heteroatoms. The van der Waals surface area contributed by atoms with Crippen LogP contribution in [0.5, 0.6) is 0 Å². The monoisotopic (exact) mass is 351 g/mol. The van der Waals surface area contributed by atoms with Gasteiger partial charge in [0, 0.05) is 19.2 Å². The van der Waals surface area contributed by atoms with Gasteiger partial charge in [-0.05, 0) is 19.1 Å². The number of thiocarbonyl (C=S) groups is 1. The van der Waals surface area contributed by atoms with E-state index in [4.69, 9.17) is 21.7 Å². The van der Waals surface area contributed by atoms with Crippen molar-refractivity contribution in [3.05, 3.63) is 35.9 Å². The van der Waals surface area contributed by atoms with E-state index in [-0.39, 0.29) is 6.04 Å². The molecule has 1 aliphatic rings. The third-order valence-electron chi connectivity index (χ3n) is 4.02. The Kier molecular flexibility index (Phi) is 8.11. The van der Waals surface area contributed by atoms with Crippen molar-refractivity contribution in [1.82, 2.24) is 10.7 Å². The molecule has 3 N–H and O–H groups in total. The lowest BCUT2D eigenvalue weighted by Gasteiger charge is -2.31. The maximum Gasteiger partial charge on any atom is 0.187 e. The Morgan fingerprint density at radius 2 is 2.04 bits per heavy atom. The Labute approximate surface area is 149 Å². The first-order valence-electron chi connectivity index (χ1n) is 8.26. The molecule has 0 spiro atoms. The van der Waals surface area contributed by atoms with Crippen molar-refractivity contribution in [3.8, 4) is 0 Å². The van der Waals surface area contributed by atoms with E-state index in [1.807, 2.05) is 13.0 Å². The number of hydrogen-bond acceptors (Lipinski definition) is 4. The highest BCUT2D eigenvalue weighted by Crippen LogP contribution is 2.11. The summed E-state index contributed by atoms with van der Waals surface area (Å²) in [5.41, 5.74) is 5.21. The van der Waals surface area contributed by atoms with Crippen molar-refractivity contribution in [2.45, 2.75) is 13.0 Å². The standard InChI is InChI=1S/C17H26N4O2S/c1-14(19-20-17(24)18-8-11-22-2)16(15-6-4-3-5-7-15)21-9-12-23-13-10-21/h3-7,16H,8-13H2,1-2H3,(H2,18,20,24)/p+1/b19-14-/t16-/m1/s1. The predicted octanol–water partition coefficient (Wildman–Crippen LogP) is 0.129. The number of nitrogens with one attached hydrogen (secondary N) is 3. The second-order valence-electron chi connectivity index (χ2n) is 5.73. The number of benzene rings is 1. The van der Waals surface area contributed by atoms with E-state index in [1.54, 1.807) is 7.11 Å². The number of ether oxygens (including phenoxy) is 2. The van der Waals surface area contributed by atoms with Crippen molar-refractivity contribution in [1.29, 1.82) is 0 Å². The van der Waals surface area contributed by atoms with Gasteiger partial charge in [0.2, 0.25) is 0 Å². The molecular weight excluding hydrogens is 324 g/mol. The molecule has 24 heavy (non-hydrogen) atoms. The number of methoxy groups -OCH3 is 1. The zero-order chi connectivity index (χ0) is 17.2. The van der Waals surface area contributed by atoms with Gasteiger partial charge in [-0.2, -0.15) is 5.10 Å². The number of hydrazone groups is 1. The van der Waals surface area contributed by atoms with Gasteiger partial charge in [0.05, 0.1) is 25.5 Å². The van der Waals surface area contributed by atoms with Crippen LogP contribution in [-0.2, 0) is 9.47 Å². The van der Waals surface area contributed by atoms with Crippen LogP contribution in [-0.4, -0.2) is 57.4 Å². The average molecular weight is 351 g/mol. The number of hydrogen-bond donors (Lipinski definition) is 3. The Morgan fingerprint density at radius 1 is 1.33 bits per heavy atom. The summed E-state index contributed by atoms with van der Waals surface area (Å²) < 4.78 is 10.5. The van der Waals surface area contributed by atoms with Gasteiger partial charge < -0.3 is 19.7 Å². The summed E-state index contributed by atoms with van der Waals surface area (Å²) >= 11 is 5.23. The molecule has 1 fully saturated rings. The fourth-order valence-electron chi connectivity index (χ4n) is 2.85. The first kappa shape index (κ1) is 18.8. The summed E-state index contributed by atoms with van der Waals surface area (Å²) in [5, 5.41) is 8.08. The molecule has 0 saturated carbocycles. The SMILES string of the molecule is COCCNC(=S)N/N=C(/C)[C@H](c1ccccc1)[NH+]1CCOCC1. The van der Waals surface area contributed by atoms with Crippen LogP contribution in [0.4, 0.5) is 0 Å². The third kappa shape index (κ3) is 5.83. The van der Waals surface area contributed by atoms with Crippen molar-refractivity contribution >= 4 is 23.0 Å². The molecule has 0 amide bonds. The fourth-order valence-corrected chi connectivity index (χ4v) is 3.00. The van der Waals surface area contributed by atoms with Gasteiger partial charge in [0.25, 0.3) is 0 Å². The number of rotatable bonds is 7. The Morgan fingerprint density at radius 3 is 2.71 bits per heavy atom. The van der Waals surface area contributed by atoms with Crippen LogP contribution in [0.2, 0.25) is 0 Å². The van der Waals surface area contributed by atoms with E-state index in [1.165, 1.54) is 10.5 Å². The Bertz CT molecular complexity index is 533. The molecule has 2 rings (SSSR count). The van der Waals surface area contributed by atoms with Crippen molar-refractivity contribution in [2.75, 3.05) is 46.6 Å². The second-order valence-corrected chi connectivity index (χ2v) is 6.14. The summed E-state index contributed by atoms with van der Waals surface area (Å²) in [6.45, 7) is 6.84. The molecular formula is C17H27N4O2S+. The average Bonchev–Trinajstić information content (AvgIpc) is 2.62. The van der Waals surface area contributed by atoms with E-state index >= 15 is 0 Å². The Hall–Kier alpha value is -1.54. The maximum absolute atomic E-state index is 5.50. The van der Waals surface area contributed by atoms with E-state index in [0.29, 0.717) is 18.3 Å². The van der Waals surface area contributed by atoms with Gasteiger partial charge in [-0.25, -0.2) is 0 Å². The summed E-state index contributed by atoms with van der Waals surface area (Å²) in [7, 11) is 1.66. The first-order chi connectivity index (χ1) is 11.7. The van der Waals surface area contributed by atoms with Crippen LogP contribution in [0.15, 0.2) is 35.4 Å². The lowest BCUT2D eigenvalue weighted by molar-refractivity contribution is -0.928. The van der Waals surface area contributed by atoms with Gasteiger partial charge in [0.1, 0.15) is 13.1 Å². The van der Waals surface area contributed by atoms with Gasteiger partial charge in [-0.1, -0.05) is 30.3 Å². The number of morpholine rings is 1. The lowest BCUT2D eigenvalue weighted by atomic mass is 10.0. The van der Waals surface area contributed by atoms with Crippen LogP contribution in [0.1, 0.15) is 18.5 Å². The molecule has 132 valence electrons. The van der Waals surface area contributed by atoms with Crippen LogP contribution in [0, 0.1) is 0 Å². The molecule has 1 aromatic carbocycles. The van der Waals surface area contributed by atoms with E-state index in [0.717, 1.165) is 32.0 Å². The van der Waals surface area contributed by atoms with E-state index < -0.39 is 0 Å². The summed E-state index contributed by atoms with van der Waals surface area (Å²) in [6, 6.07) is 10.7. The van der Waals surface area contributed by atoms with E-state index in [9.17, 15) is 0 Å². The fraction of sp³-hybridized carbons (Fsp3) is 0.529. The smallest absolute Gasteiger partial charge is 0.187 e. The molecule has 0 aliphatic carbocycles. The van der Waals surface area contributed by atoms with Gasteiger partial charge in [0.15, 0.2) is 11.2 Å². The maximum atomic E-state index is 5.50. The topological polar surface area (TPSA) is 59.3 Å². The zero-order valence-corrected chi connectivity index (χ0v) is 15.2. The van der Waals surface area contributed by atoms with Crippen molar-refractivity contribution in [3.63, 3.8) is 0 Å². The van der Waals surface area contributed by atoms with Gasteiger partial charge in [-0.15, -0.1) is 0 Å². The molecule has 1 aliphatic heterocycles. The predicted molar refractivity (Wildman–Crippen MR) is 99.4 cm³/mol. The van der Waals surface area contributed by atoms with Crippen molar-refractivity contribution < 1.29 is 14.4 Å². The van der Waals surface area contributed by atoms with Crippen LogP contribution in [0.3, 0.4) is 0 Å². The van der Waals surface area contributed by atoms with Gasteiger partial charge >= 0.3 is 0 Å². The number of quaternary nitrogens is 1. The summed E-state index contributed by atoms with van der Waals surface area (Å²) in [5.74, 6) is 0. The van der Waals surface area contributed by atoms with Crippen LogP contribution >= 0.6 is 12.2 Å². The minimum absolute atomic E-state index is 0.198. The largest absolute Gasteiger partial charge is 0.383 e. The zero-order valence-electron chi connectivity index (χ0n) is 14.4. The van der Waals surface area contributed by atoms with Gasteiger partial charge in [-0.3, -0.25) is 5.43 Å². The molecule has 6 nitrogen and oxygen atoms in total. The number of nitrogens with zero attached hydrogens (tertiary/aromatic N) is 1. The highest BCUT2D eigenvalue weighted by Gasteiger charge is 2.28. The summed E-state index contributed by atoms with van der Waals surface area (Å²) in [4.78, 5) is 1.47. The Balaban J connectivity index is 2.05. The van der Waals surface area contributed by atoms with Crippen molar-refractivity contribution in [2.24, 2.45) is 5.10 Å². The minimum atomic E-state index is 0.198. The molecule has 0 unspecified atom stereocenters. The second kappa shape index (κ2) is 10.4. The quantitative estimate of drug-likeness (QED) is 0.282. The highest BCUT2D eigenvalue weighted by atomic mass is 32.1. The molecule has 0 bridgehead atoms. The van der Waals surface area contributed by atoms with Crippen LogP contribution < -0.4 is 15.6 Å². The minimum Gasteiger partial charge on any atom is -0.383 e. The molecule has 1 aromatic rings. The molecule has 0 aromatic heterocycles. The summed E-state index contributed by atoms with van der Waals surface area (Å²) in [6.07, 6.45) is 0. The molecule has 1 saturated heterocycles. The molecule has 1 heterocycles. The third-order valence-corrected chi connectivity index (χ3v) is 4.26.